The van der Waals surface area contributed by atoms with Gasteiger partial charge in [0.05, 0.1) is 11.0 Å². The van der Waals surface area contributed by atoms with E-state index >= 15 is 4.57 Å². The molecule has 0 amide bonds. The fraction of sp³-hybridized carbons (Fsp3) is 0. The molecule has 0 aliphatic rings. The largest absolute Gasteiger partial charge is 0.309 e. The van der Waals surface area contributed by atoms with Crippen LogP contribution in [0.15, 0.2) is 170 Å². The maximum absolute atomic E-state index is 15.0. The van der Waals surface area contributed by atoms with Gasteiger partial charge in [-0.3, -0.25) is 0 Å². The van der Waals surface area contributed by atoms with Crippen LogP contribution in [0.5, 0.6) is 0 Å². The molecule has 8 aromatic rings. The minimum Gasteiger partial charge on any atom is -0.309 e. The summed E-state index contributed by atoms with van der Waals surface area (Å²) in [5, 5.41) is 7.34. The third-order valence-electron chi connectivity index (χ3n) is 8.45. The summed E-state index contributed by atoms with van der Waals surface area (Å²) in [5.41, 5.74) is 5.74. The van der Waals surface area contributed by atoms with E-state index in [4.69, 9.17) is 0 Å². The number of hydrogen-bond donors (Lipinski definition) is 0. The standard InChI is InChI=1S/C40H28NOP/c42-43(32-17-6-2-7-18-32,33-19-8-3-9-20-33)34-26-24-29(25-27-34)39-35-21-11-10-14-30(35)28-37-36-22-12-13-23-38(36)41(40(37)39)31-15-4-1-5-16-31/h1-28H. The minimum absolute atomic E-state index is 0.828. The van der Waals surface area contributed by atoms with Gasteiger partial charge in [0.2, 0.25) is 0 Å². The van der Waals surface area contributed by atoms with E-state index in [9.17, 15) is 0 Å². The molecule has 0 spiro atoms. The minimum atomic E-state index is -3.07. The average molecular weight is 570 g/mol. The Morgan fingerprint density at radius 3 is 1.60 bits per heavy atom. The molecule has 204 valence electrons. The van der Waals surface area contributed by atoms with E-state index in [1.165, 1.54) is 38.1 Å². The SMILES string of the molecule is O=P(c1ccccc1)(c1ccccc1)c1ccc(-c2c3ccccc3cc3c4ccccc4n(-c4ccccc4)c23)cc1. The van der Waals surface area contributed by atoms with Crippen molar-refractivity contribution in [1.82, 2.24) is 4.57 Å². The Kier molecular flexibility index (Phi) is 6.10. The third-order valence-corrected chi connectivity index (χ3v) is 11.5. The van der Waals surface area contributed by atoms with Gasteiger partial charge in [0.15, 0.2) is 7.14 Å². The highest BCUT2D eigenvalue weighted by Gasteiger charge is 2.29. The van der Waals surface area contributed by atoms with Crippen LogP contribution in [0, 0.1) is 0 Å². The van der Waals surface area contributed by atoms with Gasteiger partial charge in [-0.05, 0) is 40.6 Å². The molecular formula is C40H28NOP. The van der Waals surface area contributed by atoms with Gasteiger partial charge in [0.25, 0.3) is 0 Å². The van der Waals surface area contributed by atoms with Crippen LogP contribution in [-0.2, 0) is 4.57 Å². The first-order valence-electron chi connectivity index (χ1n) is 14.6. The Morgan fingerprint density at radius 2 is 0.953 bits per heavy atom. The second-order valence-electron chi connectivity index (χ2n) is 10.9. The van der Waals surface area contributed by atoms with Crippen molar-refractivity contribution in [2.45, 2.75) is 0 Å². The van der Waals surface area contributed by atoms with E-state index in [0.717, 1.165) is 27.2 Å². The molecule has 8 rings (SSSR count). The zero-order valence-electron chi connectivity index (χ0n) is 23.5. The number of para-hydroxylation sites is 2. The van der Waals surface area contributed by atoms with E-state index in [1.807, 2.05) is 60.7 Å². The van der Waals surface area contributed by atoms with E-state index < -0.39 is 7.14 Å². The van der Waals surface area contributed by atoms with Crippen LogP contribution in [0.1, 0.15) is 0 Å². The molecular weight excluding hydrogens is 541 g/mol. The molecule has 0 aliphatic carbocycles. The molecule has 1 heterocycles. The predicted octanol–water partition coefficient (Wildman–Crippen LogP) is 9.24. The van der Waals surface area contributed by atoms with Crippen LogP contribution in [0.4, 0.5) is 0 Å². The summed E-state index contributed by atoms with van der Waals surface area (Å²) < 4.78 is 17.4. The highest BCUT2D eigenvalue weighted by Crippen LogP contribution is 2.45. The summed E-state index contributed by atoms with van der Waals surface area (Å²) in [6.45, 7) is 0. The molecule has 1 aromatic heterocycles. The number of benzene rings is 7. The lowest BCUT2D eigenvalue weighted by Crippen LogP contribution is -2.24. The quantitative estimate of drug-likeness (QED) is 0.189. The molecule has 0 radical (unpaired) electrons. The van der Waals surface area contributed by atoms with Crippen molar-refractivity contribution < 1.29 is 4.57 Å². The zero-order valence-corrected chi connectivity index (χ0v) is 24.4. The lowest BCUT2D eigenvalue weighted by Gasteiger charge is -2.20. The van der Waals surface area contributed by atoms with Gasteiger partial charge in [0.1, 0.15) is 0 Å². The summed E-state index contributed by atoms with van der Waals surface area (Å²) >= 11 is 0. The van der Waals surface area contributed by atoms with Crippen molar-refractivity contribution in [2.75, 3.05) is 0 Å². The topological polar surface area (TPSA) is 22.0 Å². The van der Waals surface area contributed by atoms with Gasteiger partial charge < -0.3 is 9.13 Å². The van der Waals surface area contributed by atoms with E-state index in [-0.39, 0.29) is 0 Å². The molecule has 0 atom stereocenters. The van der Waals surface area contributed by atoms with Crippen molar-refractivity contribution in [3.8, 4) is 16.8 Å². The van der Waals surface area contributed by atoms with Gasteiger partial charge in [0, 0.05) is 37.9 Å². The van der Waals surface area contributed by atoms with E-state index in [1.54, 1.807) is 0 Å². The smallest absolute Gasteiger partial charge is 0.171 e. The lowest BCUT2D eigenvalue weighted by atomic mass is 9.95. The fourth-order valence-corrected chi connectivity index (χ4v) is 9.14. The number of hydrogen-bond acceptors (Lipinski definition) is 1. The highest BCUT2D eigenvalue weighted by molar-refractivity contribution is 7.85. The van der Waals surface area contributed by atoms with Crippen molar-refractivity contribution in [1.29, 1.82) is 0 Å². The number of rotatable bonds is 5. The zero-order chi connectivity index (χ0) is 28.8. The summed E-state index contributed by atoms with van der Waals surface area (Å²) in [6, 6.07) is 58.4. The Bertz CT molecular complexity index is 2240. The molecule has 0 N–H and O–H groups in total. The first-order chi connectivity index (χ1) is 21.2. The van der Waals surface area contributed by atoms with Crippen LogP contribution in [-0.4, -0.2) is 4.57 Å². The van der Waals surface area contributed by atoms with Crippen LogP contribution >= 0.6 is 7.14 Å². The maximum Gasteiger partial charge on any atom is 0.171 e. The second-order valence-corrected chi connectivity index (χ2v) is 13.7. The molecule has 0 fully saturated rings. The Labute approximate surface area is 250 Å². The molecule has 0 aliphatic heterocycles. The van der Waals surface area contributed by atoms with Gasteiger partial charge in [-0.15, -0.1) is 0 Å². The Hall–Kier alpha value is -5.17. The first-order valence-corrected chi connectivity index (χ1v) is 16.3. The van der Waals surface area contributed by atoms with Gasteiger partial charge >= 0.3 is 0 Å². The van der Waals surface area contributed by atoms with Crippen LogP contribution < -0.4 is 15.9 Å². The number of fused-ring (bicyclic) bond motifs is 4. The molecule has 0 saturated carbocycles. The number of aromatic nitrogens is 1. The fourth-order valence-electron chi connectivity index (χ4n) is 6.49. The van der Waals surface area contributed by atoms with Crippen LogP contribution in [0.2, 0.25) is 0 Å². The summed E-state index contributed by atoms with van der Waals surface area (Å²) in [7, 11) is -3.07. The number of nitrogens with zero attached hydrogens (tertiary/aromatic N) is 1. The van der Waals surface area contributed by atoms with Gasteiger partial charge in [-0.1, -0.05) is 146 Å². The van der Waals surface area contributed by atoms with Crippen LogP contribution in [0.25, 0.3) is 49.4 Å². The Balaban J connectivity index is 1.42. The summed E-state index contributed by atoms with van der Waals surface area (Å²) in [4.78, 5) is 0. The van der Waals surface area contributed by atoms with Crippen molar-refractivity contribution in [3.05, 3.63) is 170 Å². The van der Waals surface area contributed by atoms with Gasteiger partial charge in [-0.25, -0.2) is 0 Å². The third kappa shape index (κ3) is 4.07. The van der Waals surface area contributed by atoms with Crippen molar-refractivity contribution in [3.63, 3.8) is 0 Å². The Morgan fingerprint density at radius 1 is 0.442 bits per heavy atom. The molecule has 2 nitrogen and oxygen atoms in total. The highest BCUT2D eigenvalue weighted by atomic mass is 31.2. The first kappa shape index (κ1) is 25.5. The molecule has 0 saturated heterocycles. The predicted molar refractivity (Wildman–Crippen MR) is 183 cm³/mol. The van der Waals surface area contributed by atoms with E-state index in [2.05, 4.69) is 114 Å². The molecule has 3 heteroatoms. The lowest BCUT2D eigenvalue weighted by molar-refractivity contribution is 0.592. The summed E-state index contributed by atoms with van der Waals surface area (Å²) in [6.07, 6.45) is 0. The monoisotopic (exact) mass is 569 g/mol. The maximum atomic E-state index is 15.0. The van der Waals surface area contributed by atoms with Crippen molar-refractivity contribution in [2.24, 2.45) is 0 Å². The second kappa shape index (κ2) is 10.3. The average Bonchev–Trinajstić information content (AvgIpc) is 3.42. The molecule has 7 aromatic carbocycles. The van der Waals surface area contributed by atoms with E-state index in [0.29, 0.717) is 0 Å². The van der Waals surface area contributed by atoms with Crippen molar-refractivity contribution >= 4 is 55.6 Å². The van der Waals surface area contributed by atoms with Crippen LogP contribution in [0.3, 0.4) is 0 Å². The van der Waals surface area contributed by atoms with Gasteiger partial charge in [-0.2, -0.15) is 0 Å². The molecule has 0 unspecified atom stereocenters. The summed E-state index contributed by atoms with van der Waals surface area (Å²) in [5.74, 6) is 0. The molecule has 0 bridgehead atoms. The molecule has 43 heavy (non-hydrogen) atoms. The normalized spacial score (nSPS) is 11.8.